The molecule has 0 saturated heterocycles. The lowest BCUT2D eigenvalue weighted by Gasteiger charge is -2.10. The van der Waals surface area contributed by atoms with Gasteiger partial charge in [0.25, 0.3) is 0 Å². The van der Waals surface area contributed by atoms with Crippen LogP contribution in [0, 0.1) is 18.6 Å². The van der Waals surface area contributed by atoms with Gasteiger partial charge in [-0.05, 0) is 36.8 Å². The Morgan fingerprint density at radius 2 is 1.66 bits per heavy atom. The molecule has 0 fully saturated rings. The third kappa shape index (κ3) is 4.39. The lowest BCUT2D eigenvalue weighted by molar-refractivity contribution is -0.274. The molecule has 0 aliphatic heterocycles. The highest BCUT2D eigenvalue weighted by Gasteiger charge is 2.31. The first-order chi connectivity index (χ1) is 13.4. The number of aryl methyl sites for hydroxylation is 1. The molecular weight excluding hydrogens is 421 g/mol. The van der Waals surface area contributed by atoms with Crippen molar-refractivity contribution in [2.24, 2.45) is 0 Å². The molecule has 29 heavy (non-hydrogen) atoms. The maximum absolute atomic E-state index is 14.3. The molecular formula is C18H12F5NO4S. The zero-order valence-corrected chi connectivity index (χ0v) is 15.7. The van der Waals surface area contributed by atoms with Crippen LogP contribution < -0.4 is 4.74 Å². The van der Waals surface area contributed by atoms with Gasteiger partial charge in [0.05, 0.1) is 5.56 Å². The molecule has 0 saturated carbocycles. The van der Waals surface area contributed by atoms with Crippen LogP contribution in [0.3, 0.4) is 0 Å². The first-order valence-electron chi connectivity index (χ1n) is 7.89. The fourth-order valence-electron chi connectivity index (χ4n) is 2.81. The zero-order valence-electron chi connectivity index (χ0n) is 14.8. The van der Waals surface area contributed by atoms with Gasteiger partial charge in [0.2, 0.25) is 0 Å². The smallest absolute Gasteiger partial charge is 0.406 e. The van der Waals surface area contributed by atoms with E-state index in [1.807, 2.05) is 0 Å². The van der Waals surface area contributed by atoms with Gasteiger partial charge in [-0.3, -0.25) is 0 Å². The summed E-state index contributed by atoms with van der Waals surface area (Å²) in [5.74, 6) is -3.04. The lowest BCUT2D eigenvalue weighted by Crippen LogP contribution is -2.17. The SMILES string of the molecule is Cc1onc(-c2cccc(OC(F)(F)F)c2)c1-c1cc(F)c(S(C)(=O)=O)c(F)c1. The second-order valence-electron chi connectivity index (χ2n) is 6.08. The molecule has 0 N–H and O–H groups in total. The number of rotatable bonds is 4. The Morgan fingerprint density at radius 3 is 2.21 bits per heavy atom. The fraction of sp³-hybridized carbons (Fsp3) is 0.167. The molecule has 0 aliphatic rings. The summed E-state index contributed by atoms with van der Waals surface area (Å²) in [6.07, 6.45) is -4.24. The largest absolute Gasteiger partial charge is 0.573 e. The molecule has 11 heteroatoms. The minimum absolute atomic E-state index is 0.000954. The van der Waals surface area contributed by atoms with Crippen molar-refractivity contribution < 1.29 is 39.6 Å². The molecule has 0 radical (unpaired) electrons. The van der Waals surface area contributed by atoms with Gasteiger partial charge < -0.3 is 9.26 Å². The van der Waals surface area contributed by atoms with Crippen molar-refractivity contribution in [3.63, 3.8) is 0 Å². The molecule has 0 aliphatic carbocycles. The molecule has 2 aromatic carbocycles. The summed E-state index contributed by atoms with van der Waals surface area (Å²) in [5.41, 5.74) is 0.128. The average molecular weight is 433 g/mol. The van der Waals surface area contributed by atoms with E-state index in [2.05, 4.69) is 9.89 Å². The number of hydrogen-bond donors (Lipinski definition) is 0. The summed E-state index contributed by atoms with van der Waals surface area (Å²) < 4.78 is 98.0. The van der Waals surface area contributed by atoms with Crippen LogP contribution in [0.15, 0.2) is 45.8 Å². The van der Waals surface area contributed by atoms with E-state index in [-0.39, 0.29) is 28.1 Å². The fourth-order valence-corrected chi connectivity index (χ4v) is 3.63. The van der Waals surface area contributed by atoms with Crippen LogP contribution in [0.4, 0.5) is 22.0 Å². The molecule has 0 unspecified atom stereocenters. The highest BCUT2D eigenvalue weighted by Crippen LogP contribution is 2.37. The van der Waals surface area contributed by atoms with Gasteiger partial charge >= 0.3 is 6.36 Å². The zero-order chi connectivity index (χ0) is 21.6. The van der Waals surface area contributed by atoms with Crippen LogP contribution in [0.5, 0.6) is 5.75 Å². The first-order valence-corrected chi connectivity index (χ1v) is 9.78. The van der Waals surface area contributed by atoms with Gasteiger partial charge in [-0.25, -0.2) is 17.2 Å². The Bertz CT molecular complexity index is 1160. The van der Waals surface area contributed by atoms with Crippen molar-refractivity contribution in [1.82, 2.24) is 5.16 Å². The van der Waals surface area contributed by atoms with Crippen molar-refractivity contribution in [2.45, 2.75) is 18.2 Å². The predicted octanol–water partition coefficient (Wildman–Crippen LogP) is 4.90. The summed E-state index contributed by atoms with van der Waals surface area (Å²) in [7, 11) is -4.16. The minimum Gasteiger partial charge on any atom is -0.406 e. The molecule has 1 heterocycles. The van der Waals surface area contributed by atoms with Crippen molar-refractivity contribution >= 4 is 9.84 Å². The van der Waals surface area contributed by atoms with E-state index in [1.165, 1.54) is 19.1 Å². The van der Waals surface area contributed by atoms with Crippen LogP contribution in [-0.2, 0) is 9.84 Å². The van der Waals surface area contributed by atoms with Gasteiger partial charge in [0.15, 0.2) is 9.84 Å². The standard InChI is InChI=1S/C18H12F5NO4S/c1-9-15(11-7-13(19)17(14(20)8-11)29(2,25)26)16(24-28-9)10-4-3-5-12(6-10)27-18(21,22)23/h3-8H,1-2H3. The Balaban J connectivity index is 2.14. The number of sulfone groups is 1. The summed E-state index contributed by atoms with van der Waals surface area (Å²) in [6, 6.07) is 6.37. The monoisotopic (exact) mass is 433 g/mol. The Morgan fingerprint density at radius 1 is 1.03 bits per heavy atom. The van der Waals surface area contributed by atoms with Crippen LogP contribution in [0.25, 0.3) is 22.4 Å². The quantitative estimate of drug-likeness (QED) is 0.548. The topological polar surface area (TPSA) is 69.4 Å². The normalized spacial score (nSPS) is 12.2. The van der Waals surface area contributed by atoms with Gasteiger partial charge in [-0.1, -0.05) is 17.3 Å². The molecule has 1 aromatic heterocycles. The van der Waals surface area contributed by atoms with Crippen LogP contribution in [0.1, 0.15) is 5.76 Å². The van der Waals surface area contributed by atoms with Crippen molar-refractivity contribution in [3.05, 3.63) is 53.8 Å². The van der Waals surface area contributed by atoms with Crippen LogP contribution >= 0.6 is 0 Å². The molecule has 3 rings (SSSR count). The van der Waals surface area contributed by atoms with E-state index in [0.717, 1.165) is 24.3 Å². The Labute approximate surface area is 161 Å². The summed E-state index contributed by atoms with van der Waals surface area (Å²) in [6.45, 7) is 1.43. The Kier molecular flexibility index (Phi) is 5.11. The number of ether oxygens (including phenoxy) is 1. The number of aromatic nitrogens is 1. The maximum atomic E-state index is 14.3. The third-order valence-corrected chi connectivity index (χ3v) is 4.99. The van der Waals surface area contributed by atoms with E-state index in [1.54, 1.807) is 0 Å². The number of nitrogens with zero attached hydrogens (tertiary/aromatic N) is 1. The molecule has 0 bridgehead atoms. The van der Waals surface area contributed by atoms with E-state index >= 15 is 0 Å². The van der Waals surface area contributed by atoms with E-state index in [9.17, 15) is 30.4 Å². The van der Waals surface area contributed by atoms with Crippen molar-refractivity contribution in [3.8, 4) is 28.1 Å². The van der Waals surface area contributed by atoms with Gasteiger partial charge in [-0.2, -0.15) is 0 Å². The molecule has 154 valence electrons. The van der Waals surface area contributed by atoms with Crippen LogP contribution in [0.2, 0.25) is 0 Å². The third-order valence-electron chi connectivity index (χ3n) is 3.86. The minimum atomic E-state index is -4.91. The average Bonchev–Trinajstić information content (AvgIpc) is 2.93. The highest BCUT2D eigenvalue weighted by atomic mass is 32.2. The summed E-state index contributed by atoms with van der Waals surface area (Å²) >= 11 is 0. The maximum Gasteiger partial charge on any atom is 0.573 e. The van der Waals surface area contributed by atoms with Crippen molar-refractivity contribution in [2.75, 3.05) is 6.26 Å². The highest BCUT2D eigenvalue weighted by molar-refractivity contribution is 7.90. The molecule has 3 aromatic rings. The van der Waals surface area contributed by atoms with E-state index < -0.39 is 38.5 Å². The second-order valence-corrected chi connectivity index (χ2v) is 8.03. The molecule has 0 atom stereocenters. The van der Waals surface area contributed by atoms with E-state index in [0.29, 0.717) is 6.26 Å². The van der Waals surface area contributed by atoms with Gasteiger partial charge in [-0.15, -0.1) is 13.2 Å². The number of alkyl halides is 3. The van der Waals surface area contributed by atoms with Crippen molar-refractivity contribution in [1.29, 1.82) is 0 Å². The number of hydrogen-bond acceptors (Lipinski definition) is 5. The van der Waals surface area contributed by atoms with E-state index in [4.69, 9.17) is 4.52 Å². The molecule has 0 spiro atoms. The second kappa shape index (κ2) is 7.14. The summed E-state index contributed by atoms with van der Waals surface area (Å²) in [5, 5.41) is 3.76. The van der Waals surface area contributed by atoms with Gasteiger partial charge in [0.1, 0.15) is 33.7 Å². The Hall–Kier alpha value is -2.95. The first kappa shape index (κ1) is 20.8. The predicted molar refractivity (Wildman–Crippen MR) is 91.8 cm³/mol. The molecule has 0 amide bonds. The van der Waals surface area contributed by atoms with Crippen LogP contribution in [-0.4, -0.2) is 26.2 Å². The molecule has 5 nitrogen and oxygen atoms in total. The number of halogens is 5. The van der Waals surface area contributed by atoms with Gasteiger partial charge in [0, 0.05) is 11.8 Å². The number of benzene rings is 2. The lowest BCUT2D eigenvalue weighted by atomic mass is 9.99. The summed E-state index contributed by atoms with van der Waals surface area (Å²) in [4.78, 5) is -1.09.